The monoisotopic (exact) mass is 880 g/mol. The van der Waals surface area contributed by atoms with Crippen LogP contribution in [-0.4, -0.2) is 185 Å². The Labute approximate surface area is 374 Å². The third-order valence-corrected chi connectivity index (χ3v) is 13.3. The van der Waals surface area contributed by atoms with Gasteiger partial charge in [-0.1, -0.05) is 75.3 Å². The first-order chi connectivity index (χ1) is 30.5. The molecule has 3 fully saturated rings. The fourth-order valence-electron chi connectivity index (χ4n) is 9.56. The number of carboxylic acids is 3. The zero-order chi connectivity index (χ0) is 44.9. The third kappa shape index (κ3) is 17.1. The van der Waals surface area contributed by atoms with Crippen LogP contribution in [0.5, 0.6) is 0 Å². The fraction of sp³-hybridized carbons (Fsp3) is 0.667. The van der Waals surface area contributed by atoms with E-state index in [1.54, 1.807) is 4.90 Å². The van der Waals surface area contributed by atoms with E-state index >= 15 is 0 Å². The summed E-state index contributed by atoms with van der Waals surface area (Å²) in [6.07, 6.45) is 14.9. The summed E-state index contributed by atoms with van der Waals surface area (Å²) >= 11 is 0. The Bertz CT molecular complexity index is 1650. The van der Waals surface area contributed by atoms with Crippen LogP contribution in [0.4, 0.5) is 10.1 Å². The number of carbonyl (C=O) groups is 4. The highest BCUT2D eigenvalue weighted by atomic mass is 19.1. The van der Waals surface area contributed by atoms with Crippen LogP contribution in [0.1, 0.15) is 89.0 Å². The number of anilines is 1. The van der Waals surface area contributed by atoms with Gasteiger partial charge in [0.15, 0.2) is 0 Å². The van der Waals surface area contributed by atoms with E-state index in [0.717, 1.165) is 109 Å². The van der Waals surface area contributed by atoms with Gasteiger partial charge in [-0.05, 0) is 87.9 Å². The molecule has 0 saturated carbocycles. The number of carboxylic acid groups (broad SMARTS) is 3. The lowest BCUT2D eigenvalue weighted by Crippen LogP contribution is -2.56. The molecule has 14 nitrogen and oxygen atoms in total. The van der Waals surface area contributed by atoms with E-state index in [2.05, 4.69) is 43.9 Å². The van der Waals surface area contributed by atoms with Crippen LogP contribution in [0.25, 0.3) is 0 Å². The van der Waals surface area contributed by atoms with Gasteiger partial charge in [-0.25, -0.2) is 4.39 Å². The lowest BCUT2D eigenvalue weighted by Gasteiger charge is -2.43. The first kappa shape index (κ1) is 49.9. The van der Waals surface area contributed by atoms with Crippen LogP contribution in [0.2, 0.25) is 0 Å². The predicted octanol–water partition coefficient (Wildman–Crippen LogP) is 5.28. The summed E-state index contributed by atoms with van der Waals surface area (Å²) in [5.41, 5.74) is 1.81. The highest BCUT2D eigenvalue weighted by molar-refractivity contribution is 5.93. The third-order valence-electron chi connectivity index (χ3n) is 13.3. The molecule has 3 aliphatic rings. The number of nitrogens with zero attached hydrogens (tertiary/aromatic N) is 7. The molecule has 0 atom stereocenters. The molecule has 3 N–H and O–H groups in total. The molecule has 0 bridgehead atoms. The second-order valence-electron chi connectivity index (χ2n) is 18.0. The topological polar surface area (TPSA) is 152 Å². The van der Waals surface area contributed by atoms with Crippen molar-refractivity contribution >= 4 is 29.5 Å². The standard InChI is InChI=1S/C48H74FN7O7/c49-42-20-18-41(19-21-42)15-11-14-25-50-27-22-48(23-28-50)47(63)55(40-56(48)43-16-9-8-10-17-43)26-13-7-5-3-1-2-4-6-12-24-51-29-31-52(37-44(57)58)33-35-54(39-46(61)62)36-34-53(32-30-51)38-45(59)60/h8-10,16-21H,1-7,11-15,22-40H2,(H,57,58)(H,59,60)(H,61,62). The normalized spacial score (nSPS) is 19.0. The Kier molecular flexibility index (Phi) is 21.0. The Morgan fingerprint density at radius 2 is 0.921 bits per heavy atom. The van der Waals surface area contributed by atoms with E-state index in [0.29, 0.717) is 59.0 Å². The van der Waals surface area contributed by atoms with Gasteiger partial charge in [0.05, 0.1) is 26.3 Å². The van der Waals surface area contributed by atoms with Crippen molar-refractivity contribution in [1.29, 1.82) is 0 Å². The van der Waals surface area contributed by atoms with Crippen LogP contribution in [0.15, 0.2) is 54.6 Å². The molecule has 5 rings (SSSR count). The summed E-state index contributed by atoms with van der Waals surface area (Å²) in [7, 11) is 0. The van der Waals surface area contributed by atoms with Crippen molar-refractivity contribution in [1.82, 2.24) is 29.4 Å². The van der Waals surface area contributed by atoms with Crippen molar-refractivity contribution in [2.75, 3.05) is 116 Å². The molecule has 15 heteroatoms. The van der Waals surface area contributed by atoms with E-state index in [1.807, 2.05) is 28.0 Å². The molecule has 350 valence electrons. The molecule has 3 aliphatic heterocycles. The average molecular weight is 880 g/mol. The first-order valence-electron chi connectivity index (χ1n) is 23.6. The number of benzene rings is 2. The summed E-state index contributed by atoms with van der Waals surface area (Å²) in [6, 6.07) is 17.2. The predicted molar refractivity (Wildman–Crippen MR) is 243 cm³/mol. The minimum Gasteiger partial charge on any atom is -0.480 e. The number of rotatable bonds is 24. The molecule has 2 aromatic rings. The van der Waals surface area contributed by atoms with Gasteiger partial charge in [0, 0.05) is 77.7 Å². The summed E-state index contributed by atoms with van der Waals surface area (Å²) in [5, 5.41) is 28.4. The number of piperidine rings is 1. The maximum atomic E-state index is 14.2. The number of carbonyl (C=O) groups excluding carboxylic acids is 1. The lowest BCUT2D eigenvalue weighted by atomic mass is 9.85. The fourth-order valence-corrected chi connectivity index (χ4v) is 9.56. The molecular formula is C48H74FN7O7. The lowest BCUT2D eigenvalue weighted by molar-refractivity contribution is -0.140. The van der Waals surface area contributed by atoms with Crippen LogP contribution < -0.4 is 4.90 Å². The summed E-state index contributed by atoms with van der Waals surface area (Å²) in [5.74, 6) is -2.69. The van der Waals surface area contributed by atoms with Gasteiger partial charge in [0.1, 0.15) is 11.4 Å². The number of hydrogen-bond donors (Lipinski definition) is 3. The maximum Gasteiger partial charge on any atom is 0.317 e. The van der Waals surface area contributed by atoms with Gasteiger partial charge in [-0.2, -0.15) is 0 Å². The minimum absolute atomic E-state index is 0.104. The van der Waals surface area contributed by atoms with Gasteiger partial charge in [0.25, 0.3) is 0 Å². The Morgan fingerprint density at radius 3 is 1.40 bits per heavy atom. The number of hydrogen-bond acceptors (Lipinski definition) is 10. The largest absolute Gasteiger partial charge is 0.480 e. The van der Waals surface area contributed by atoms with E-state index < -0.39 is 23.4 Å². The molecule has 63 heavy (non-hydrogen) atoms. The number of halogens is 1. The Balaban J connectivity index is 0.978. The molecule has 3 saturated heterocycles. The second kappa shape index (κ2) is 26.6. The number of para-hydroxylation sites is 1. The number of aliphatic carboxylic acids is 3. The molecule has 0 radical (unpaired) electrons. The number of likely N-dealkylation sites (tertiary alicyclic amines) is 1. The molecule has 0 aliphatic carbocycles. The summed E-state index contributed by atoms with van der Waals surface area (Å²) in [6.45, 7) is 8.86. The Hall–Kier alpha value is -4.15. The van der Waals surface area contributed by atoms with Gasteiger partial charge in [-0.3, -0.25) is 33.9 Å². The van der Waals surface area contributed by atoms with Crippen molar-refractivity contribution in [2.24, 2.45) is 0 Å². The number of amides is 1. The van der Waals surface area contributed by atoms with E-state index in [4.69, 9.17) is 0 Å². The first-order valence-corrected chi connectivity index (χ1v) is 23.6. The second-order valence-corrected chi connectivity index (χ2v) is 18.0. The average Bonchev–Trinajstić information content (AvgIpc) is 3.52. The van der Waals surface area contributed by atoms with E-state index in [1.165, 1.54) is 37.0 Å². The smallest absolute Gasteiger partial charge is 0.317 e. The molecule has 0 aromatic heterocycles. The van der Waals surface area contributed by atoms with Gasteiger partial charge in [0.2, 0.25) is 5.91 Å². The van der Waals surface area contributed by atoms with Crippen molar-refractivity contribution in [3.63, 3.8) is 0 Å². The van der Waals surface area contributed by atoms with E-state index in [9.17, 15) is 38.9 Å². The van der Waals surface area contributed by atoms with Crippen LogP contribution >= 0.6 is 0 Å². The molecule has 0 unspecified atom stereocenters. The molecule has 2 aromatic carbocycles. The summed E-state index contributed by atoms with van der Waals surface area (Å²) < 4.78 is 13.3. The number of unbranched alkanes of at least 4 members (excludes halogenated alkanes) is 9. The zero-order valence-electron chi connectivity index (χ0n) is 37.6. The van der Waals surface area contributed by atoms with Crippen molar-refractivity contribution in [2.45, 2.75) is 95.4 Å². The van der Waals surface area contributed by atoms with E-state index in [-0.39, 0.29) is 31.4 Å². The quantitative estimate of drug-likeness (QED) is 0.118. The van der Waals surface area contributed by atoms with Crippen molar-refractivity contribution < 1.29 is 38.9 Å². The van der Waals surface area contributed by atoms with Crippen LogP contribution in [-0.2, 0) is 25.6 Å². The van der Waals surface area contributed by atoms with Gasteiger partial charge in [-0.15, -0.1) is 0 Å². The molecular weight excluding hydrogens is 806 g/mol. The van der Waals surface area contributed by atoms with Gasteiger partial charge < -0.3 is 34.9 Å². The zero-order valence-corrected chi connectivity index (χ0v) is 37.6. The maximum absolute atomic E-state index is 14.2. The van der Waals surface area contributed by atoms with Crippen LogP contribution in [0, 0.1) is 5.82 Å². The SMILES string of the molecule is O=C(O)CN1CCN(CCCCCCCCCCCN2CN(c3ccccc3)C3(CCN(CCCCc4ccc(F)cc4)CC3)C2=O)CCN(CC(=O)O)CCN(CC(=O)O)CC1. The summed E-state index contributed by atoms with van der Waals surface area (Å²) in [4.78, 5) is 63.7. The molecule has 1 spiro atoms. The van der Waals surface area contributed by atoms with Crippen LogP contribution in [0.3, 0.4) is 0 Å². The minimum atomic E-state index is -0.962. The Morgan fingerprint density at radius 1 is 0.508 bits per heavy atom. The highest BCUT2D eigenvalue weighted by Crippen LogP contribution is 2.39. The highest BCUT2D eigenvalue weighted by Gasteiger charge is 2.53. The number of aryl methyl sites for hydroxylation is 1. The van der Waals surface area contributed by atoms with Gasteiger partial charge >= 0.3 is 17.9 Å². The van der Waals surface area contributed by atoms with Crippen molar-refractivity contribution in [3.05, 3.63) is 66.0 Å². The van der Waals surface area contributed by atoms with Crippen molar-refractivity contribution in [3.8, 4) is 0 Å². The molecule has 3 heterocycles. The molecule has 1 amide bonds.